The molecule has 1 atom stereocenters. The van der Waals surface area contributed by atoms with Crippen LogP contribution in [0.15, 0.2) is 107 Å². The Morgan fingerprint density at radius 1 is 0.857 bits per heavy atom. The minimum Gasteiger partial charge on any atom is -0.497 e. The molecule has 0 aliphatic carbocycles. The number of ether oxygens (including phenoxy) is 1. The van der Waals surface area contributed by atoms with Crippen molar-refractivity contribution in [3.63, 3.8) is 0 Å². The van der Waals surface area contributed by atoms with Gasteiger partial charge in [0.1, 0.15) is 17.2 Å². The maximum Gasteiger partial charge on any atom is 0.268 e. The van der Waals surface area contributed by atoms with Crippen LogP contribution < -0.4 is 15.4 Å². The Balaban J connectivity index is 1.63. The van der Waals surface area contributed by atoms with Crippen LogP contribution in [0.3, 0.4) is 0 Å². The molecule has 0 fully saturated rings. The Labute approximate surface area is 204 Å². The van der Waals surface area contributed by atoms with E-state index in [2.05, 4.69) is 10.6 Å². The highest BCUT2D eigenvalue weighted by Crippen LogP contribution is 2.23. The van der Waals surface area contributed by atoms with E-state index in [1.807, 2.05) is 61.5 Å². The number of methoxy groups -OCH3 is 1. The minimum atomic E-state index is -0.447. The van der Waals surface area contributed by atoms with Crippen LogP contribution in [0.25, 0.3) is 6.08 Å². The van der Waals surface area contributed by atoms with Gasteiger partial charge in [-0.3, -0.25) is 9.59 Å². The molecular formula is C29H26N2O4. The first-order chi connectivity index (χ1) is 17.0. The van der Waals surface area contributed by atoms with E-state index in [9.17, 15) is 9.59 Å². The number of benzene rings is 3. The molecule has 35 heavy (non-hydrogen) atoms. The summed E-state index contributed by atoms with van der Waals surface area (Å²) < 4.78 is 10.5. The van der Waals surface area contributed by atoms with Gasteiger partial charge in [-0.05, 0) is 54.4 Å². The minimum absolute atomic E-state index is 0.0637. The Kier molecular flexibility index (Phi) is 7.43. The van der Waals surface area contributed by atoms with Gasteiger partial charge in [0.15, 0.2) is 0 Å². The van der Waals surface area contributed by atoms with E-state index in [0.717, 1.165) is 16.7 Å². The van der Waals surface area contributed by atoms with E-state index < -0.39 is 17.9 Å². The van der Waals surface area contributed by atoms with Crippen LogP contribution in [-0.4, -0.2) is 18.9 Å². The second-order valence-corrected chi connectivity index (χ2v) is 7.98. The van der Waals surface area contributed by atoms with Crippen molar-refractivity contribution in [3.05, 3.63) is 131 Å². The number of nitrogens with one attached hydrogen (secondary N) is 2. The molecule has 0 radical (unpaired) electrons. The van der Waals surface area contributed by atoms with E-state index in [-0.39, 0.29) is 5.70 Å². The molecule has 0 spiro atoms. The summed E-state index contributed by atoms with van der Waals surface area (Å²) in [6.07, 6.45) is 3.01. The summed E-state index contributed by atoms with van der Waals surface area (Å²) >= 11 is 0. The van der Waals surface area contributed by atoms with Crippen molar-refractivity contribution in [2.45, 2.75) is 13.0 Å². The summed E-state index contributed by atoms with van der Waals surface area (Å²) in [5.41, 5.74) is 3.42. The summed E-state index contributed by atoms with van der Waals surface area (Å²) in [6.45, 7) is 2.01. The molecule has 1 heterocycles. The van der Waals surface area contributed by atoms with Gasteiger partial charge in [-0.2, -0.15) is 0 Å². The lowest BCUT2D eigenvalue weighted by molar-refractivity contribution is -0.118. The van der Waals surface area contributed by atoms with Gasteiger partial charge in [0.2, 0.25) is 0 Å². The largest absolute Gasteiger partial charge is 0.497 e. The molecule has 1 aromatic heterocycles. The Morgan fingerprint density at radius 3 is 2.17 bits per heavy atom. The van der Waals surface area contributed by atoms with Crippen LogP contribution in [0, 0.1) is 6.92 Å². The highest BCUT2D eigenvalue weighted by atomic mass is 16.5. The van der Waals surface area contributed by atoms with Gasteiger partial charge in [0.05, 0.1) is 19.4 Å². The third kappa shape index (κ3) is 6.06. The van der Waals surface area contributed by atoms with Crippen molar-refractivity contribution in [1.29, 1.82) is 0 Å². The molecule has 0 aliphatic heterocycles. The molecular weight excluding hydrogens is 440 g/mol. The van der Waals surface area contributed by atoms with E-state index in [4.69, 9.17) is 9.15 Å². The molecule has 6 nitrogen and oxygen atoms in total. The molecule has 4 aromatic rings. The molecule has 0 bridgehead atoms. The zero-order valence-electron chi connectivity index (χ0n) is 19.5. The maximum atomic E-state index is 13.5. The second kappa shape index (κ2) is 11.0. The highest BCUT2D eigenvalue weighted by molar-refractivity contribution is 6.05. The zero-order chi connectivity index (χ0) is 24.6. The van der Waals surface area contributed by atoms with E-state index in [1.54, 1.807) is 43.5 Å². The van der Waals surface area contributed by atoms with Crippen molar-refractivity contribution in [2.75, 3.05) is 7.11 Å². The first kappa shape index (κ1) is 23.6. The van der Waals surface area contributed by atoms with Crippen molar-refractivity contribution in [2.24, 2.45) is 0 Å². The van der Waals surface area contributed by atoms with Crippen LogP contribution in [0.2, 0.25) is 0 Å². The van der Waals surface area contributed by atoms with E-state index >= 15 is 0 Å². The summed E-state index contributed by atoms with van der Waals surface area (Å²) in [7, 11) is 1.56. The molecule has 3 aromatic carbocycles. The third-order valence-electron chi connectivity index (χ3n) is 5.49. The Bertz CT molecular complexity index is 1290. The van der Waals surface area contributed by atoms with Crippen molar-refractivity contribution in [1.82, 2.24) is 10.6 Å². The molecule has 4 rings (SSSR count). The number of amides is 2. The smallest absolute Gasteiger partial charge is 0.268 e. The van der Waals surface area contributed by atoms with Gasteiger partial charge in [0.25, 0.3) is 11.8 Å². The van der Waals surface area contributed by atoms with Crippen LogP contribution in [0.1, 0.15) is 38.9 Å². The molecule has 0 unspecified atom stereocenters. The maximum absolute atomic E-state index is 13.5. The highest BCUT2D eigenvalue weighted by Gasteiger charge is 2.21. The lowest BCUT2D eigenvalue weighted by Crippen LogP contribution is -2.37. The van der Waals surface area contributed by atoms with Gasteiger partial charge < -0.3 is 19.8 Å². The molecule has 2 amide bonds. The molecule has 0 saturated carbocycles. The Hall–Kier alpha value is -4.58. The second-order valence-electron chi connectivity index (χ2n) is 7.98. The van der Waals surface area contributed by atoms with Crippen molar-refractivity contribution in [3.8, 4) is 5.75 Å². The number of hydrogen-bond acceptors (Lipinski definition) is 4. The molecule has 176 valence electrons. The van der Waals surface area contributed by atoms with Gasteiger partial charge in [-0.15, -0.1) is 0 Å². The monoisotopic (exact) mass is 466 g/mol. The molecule has 0 saturated heterocycles. The molecule has 0 aliphatic rings. The lowest BCUT2D eigenvalue weighted by atomic mass is 9.97. The van der Waals surface area contributed by atoms with Crippen LogP contribution in [-0.2, 0) is 4.79 Å². The van der Waals surface area contributed by atoms with Crippen LogP contribution in [0.5, 0.6) is 5.75 Å². The fourth-order valence-electron chi connectivity index (χ4n) is 3.58. The van der Waals surface area contributed by atoms with Crippen molar-refractivity contribution < 1.29 is 18.7 Å². The normalized spacial score (nSPS) is 12.0. The quantitative estimate of drug-likeness (QED) is 0.347. The fourth-order valence-corrected chi connectivity index (χ4v) is 3.58. The molecule has 6 heteroatoms. The van der Waals surface area contributed by atoms with Crippen LogP contribution in [0.4, 0.5) is 0 Å². The summed E-state index contributed by atoms with van der Waals surface area (Å²) in [5.74, 6) is 0.205. The molecule has 2 N–H and O–H groups in total. The number of carbonyl (C=O) groups is 2. The number of rotatable bonds is 8. The summed E-state index contributed by atoms with van der Waals surface area (Å²) in [4.78, 5) is 26.5. The first-order valence-electron chi connectivity index (χ1n) is 11.2. The fraction of sp³-hybridized carbons (Fsp3) is 0.103. The lowest BCUT2D eigenvalue weighted by Gasteiger charge is -2.21. The predicted octanol–water partition coefficient (Wildman–Crippen LogP) is 5.27. The number of aryl methyl sites for hydroxylation is 1. The van der Waals surface area contributed by atoms with Gasteiger partial charge >= 0.3 is 0 Å². The SMILES string of the molecule is COc1ccc(C(=O)N/C(=C\c2ccco2)C(=O)N[C@@H](c2ccccc2)c2ccc(C)cc2)cc1. The standard InChI is InChI=1S/C29H26N2O4/c1-20-10-12-22(13-11-20)27(21-7-4-3-5-8-21)31-29(33)26(19-25-9-6-18-35-25)30-28(32)23-14-16-24(34-2)17-15-23/h3-19,27H,1-2H3,(H,30,32)(H,31,33)/b26-19-/t27-/m0/s1. The van der Waals surface area contributed by atoms with E-state index in [1.165, 1.54) is 12.3 Å². The van der Waals surface area contributed by atoms with Crippen molar-refractivity contribution >= 4 is 17.9 Å². The topological polar surface area (TPSA) is 80.6 Å². The average molecular weight is 467 g/mol. The summed E-state index contributed by atoms with van der Waals surface area (Å²) in [6, 6.07) is 27.3. The van der Waals surface area contributed by atoms with E-state index in [0.29, 0.717) is 17.1 Å². The van der Waals surface area contributed by atoms with Gasteiger partial charge in [-0.1, -0.05) is 60.2 Å². The number of carbonyl (C=O) groups excluding carboxylic acids is 2. The van der Waals surface area contributed by atoms with Gasteiger partial charge in [-0.25, -0.2) is 0 Å². The summed E-state index contributed by atoms with van der Waals surface area (Å²) in [5, 5.41) is 5.81. The number of hydrogen-bond donors (Lipinski definition) is 2. The average Bonchev–Trinajstić information content (AvgIpc) is 3.41. The predicted molar refractivity (Wildman–Crippen MR) is 135 cm³/mol. The van der Waals surface area contributed by atoms with Crippen LogP contribution >= 0.6 is 0 Å². The zero-order valence-corrected chi connectivity index (χ0v) is 19.5. The Morgan fingerprint density at radius 2 is 1.54 bits per heavy atom. The first-order valence-corrected chi connectivity index (χ1v) is 11.2. The number of furan rings is 1. The van der Waals surface area contributed by atoms with Gasteiger partial charge in [0, 0.05) is 11.6 Å². The third-order valence-corrected chi connectivity index (χ3v) is 5.49.